The van der Waals surface area contributed by atoms with Gasteiger partial charge in [0.25, 0.3) is 0 Å². The number of aryl methyl sites for hydroxylation is 1. The van der Waals surface area contributed by atoms with Gasteiger partial charge in [-0.05, 0) is 43.0 Å². The quantitative estimate of drug-likeness (QED) is 0.510. The second-order valence-electron chi connectivity index (χ2n) is 6.19. The maximum atomic E-state index is 11.4. The Kier molecular flexibility index (Phi) is 7.17. The number of hydrogen-bond acceptors (Lipinski definition) is 3. The minimum absolute atomic E-state index is 0.107. The molecule has 0 radical (unpaired) electrons. The van der Waals surface area contributed by atoms with Gasteiger partial charge in [0.05, 0.1) is 4.90 Å². The van der Waals surface area contributed by atoms with Crippen molar-refractivity contribution >= 4 is 16.0 Å². The van der Waals surface area contributed by atoms with Crippen LogP contribution in [0.5, 0.6) is 0 Å². The van der Waals surface area contributed by atoms with E-state index in [1.807, 2.05) is 24.3 Å². The van der Waals surface area contributed by atoms with Gasteiger partial charge in [0.15, 0.2) is 5.96 Å². The van der Waals surface area contributed by atoms with E-state index in [4.69, 9.17) is 5.14 Å². The van der Waals surface area contributed by atoms with E-state index in [1.54, 1.807) is 19.2 Å². The smallest absolute Gasteiger partial charge is 0.238 e. The standard InChI is InChI=1S/C19H26N4O2S/c1-15(11-12-16-7-4-3-5-8-16)23-19(21-2)22-14-17-9-6-10-18(13-17)26(20,24)25/h3-10,13,15H,11-12,14H2,1-2H3,(H2,20,24,25)(H2,21,22,23). The van der Waals surface area contributed by atoms with Crippen LogP contribution in [0.3, 0.4) is 0 Å². The molecule has 1 unspecified atom stereocenters. The highest BCUT2D eigenvalue weighted by Gasteiger charge is 2.09. The van der Waals surface area contributed by atoms with E-state index in [0.717, 1.165) is 18.4 Å². The average Bonchev–Trinajstić information content (AvgIpc) is 2.64. The number of rotatable bonds is 7. The summed E-state index contributed by atoms with van der Waals surface area (Å²) in [5.41, 5.74) is 2.13. The van der Waals surface area contributed by atoms with Crippen LogP contribution in [0, 0.1) is 0 Å². The summed E-state index contributed by atoms with van der Waals surface area (Å²) >= 11 is 0. The van der Waals surface area contributed by atoms with Crippen molar-refractivity contribution in [2.75, 3.05) is 7.05 Å². The Balaban J connectivity index is 1.86. The molecular weight excluding hydrogens is 348 g/mol. The van der Waals surface area contributed by atoms with Gasteiger partial charge in [-0.25, -0.2) is 13.6 Å². The van der Waals surface area contributed by atoms with Crippen LogP contribution in [0.15, 0.2) is 64.5 Å². The third kappa shape index (κ3) is 6.50. The van der Waals surface area contributed by atoms with E-state index in [2.05, 4.69) is 34.7 Å². The van der Waals surface area contributed by atoms with Gasteiger partial charge in [0.2, 0.25) is 10.0 Å². The van der Waals surface area contributed by atoms with Crippen molar-refractivity contribution in [1.82, 2.24) is 10.6 Å². The van der Waals surface area contributed by atoms with Crippen LogP contribution in [-0.2, 0) is 23.0 Å². The topological polar surface area (TPSA) is 96.6 Å². The molecule has 0 aliphatic rings. The number of benzene rings is 2. The van der Waals surface area contributed by atoms with Gasteiger partial charge < -0.3 is 10.6 Å². The average molecular weight is 375 g/mol. The Morgan fingerprint density at radius 1 is 1.12 bits per heavy atom. The molecule has 0 amide bonds. The van der Waals surface area contributed by atoms with Gasteiger partial charge in [-0.15, -0.1) is 0 Å². The fourth-order valence-electron chi connectivity index (χ4n) is 2.55. The molecule has 0 aliphatic carbocycles. The van der Waals surface area contributed by atoms with Crippen LogP contribution < -0.4 is 15.8 Å². The first-order valence-corrected chi connectivity index (χ1v) is 10.1. The van der Waals surface area contributed by atoms with Gasteiger partial charge in [0, 0.05) is 19.6 Å². The molecule has 0 saturated heterocycles. The molecule has 7 heteroatoms. The highest BCUT2D eigenvalue weighted by Crippen LogP contribution is 2.09. The van der Waals surface area contributed by atoms with Crippen molar-refractivity contribution in [3.05, 3.63) is 65.7 Å². The third-order valence-corrected chi connectivity index (χ3v) is 4.91. The highest BCUT2D eigenvalue weighted by molar-refractivity contribution is 7.89. The van der Waals surface area contributed by atoms with Crippen molar-refractivity contribution in [1.29, 1.82) is 0 Å². The number of primary sulfonamides is 1. The molecular formula is C19H26N4O2S. The maximum absolute atomic E-state index is 11.4. The number of sulfonamides is 1. The normalized spacial score (nSPS) is 13.3. The Labute approximate surface area is 155 Å². The lowest BCUT2D eigenvalue weighted by Gasteiger charge is -2.18. The van der Waals surface area contributed by atoms with Crippen molar-refractivity contribution < 1.29 is 8.42 Å². The number of nitrogens with zero attached hydrogens (tertiary/aromatic N) is 1. The van der Waals surface area contributed by atoms with Crippen LogP contribution in [0.1, 0.15) is 24.5 Å². The summed E-state index contributed by atoms with van der Waals surface area (Å²) in [4.78, 5) is 4.33. The highest BCUT2D eigenvalue weighted by atomic mass is 32.2. The summed E-state index contributed by atoms with van der Waals surface area (Å²) < 4.78 is 22.9. The predicted molar refractivity (Wildman–Crippen MR) is 105 cm³/mol. The van der Waals surface area contributed by atoms with Crippen LogP contribution in [-0.4, -0.2) is 27.5 Å². The molecule has 2 rings (SSSR count). The number of aliphatic imine (C=N–C) groups is 1. The van der Waals surface area contributed by atoms with E-state index in [1.165, 1.54) is 11.6 Å². The summed E-state index contributed by atoms with van der Waals surface area (Å²) in [6, 6.07) is 17.2. The summed E-state index contributed by atoms with van der Waals surface area (Å²) in [5, 5.41) is 11.7. The van der Waals surface area contributed by atoms with Crippen LogP contribution in [0.25, 0.3) is 0 Å². The summed E-state index contributed by atoms with van der Waals surface area (Å²) in [6.07, 6.45) is 1.97. The van der Waals surface area contributed by atoms with Gasteiger partial charge in [-0.1, -0.05) is 42.5 Å². The molecule has 2 aromatic carbocycles. The molecule has 4 N–H and O–H groups in total. The van der Waals surface area contributed by atoms with E-state index < -0.39 is 10.0 Å². The van der Waals surface area contributed by atoms with Gasteiger partial charge in [-0.2, -0.15) is 0 Å². The Hall–Kier alpha value is -2.38. The minimum atomic E-state index is -3.70. The zero-order chi connectivity index (χ0) is 19.0. The Morgan fingerprint density at radius 2 is 1.81 bits per heavy atom. The number of nitrogens with two attached hydrogens (primary N) is 1. The van der Waals surface area contributed by atoms with Gasteiger partial charge in [0.1, 0.15) is 0 Å². The van der Waals surface area contributed by atoms with E-state index >= 15 is 0 Å². The number of nitrogens with one attached hydrogen (secondary N) is 2. The first-order chi connectivity index (χ1) is 12.4. The summed E-state index contributed by atoms with van der Waals surface area (Å²) in [6.45, 7) is 2.56. The Bertz CT molecular complexity index is 836. The minimum Gasteiger partial charge on any atom is -0.354 e. The van der Waals surface area contributed by atoms with Crippen molar-refractivity contribution in [2.24, 2.45) is 10.1 Å². The molecule has 2 aromatic rings. The first-order valence-electron chi connectivity index (χ1n) is 8.51. The van der Waals surface area contributed by atoms with Crippen molar-refractivity contribution in [3.63, 3.8) is 0 Å². The largest absolute Gasteiger partial charge is 0.354 e. The monoisotopic (exact) mass is 374 g/mol. The van der Waals surface area contributed by atoms with Crippen molar-refractivity contribution in [2.45, 2.75) is 37.2 Å². The van der Waals surface area contributed by atoms with Crippen LogP contribution in [0.2, 0.25) is 0 Å². The van der Waals surface area contributed by atoms with E-state index in [-0.39, 0.29) is 10.9 Å². The summed E-state index contributed by atoms with van der Waals surface area (Å²) in [5.74, 6) is 0.673. The van der Waals surface area contributed by atoms with E-state index in [0.29, 0.717) is 12.5 Å². The first kappa shape index (κ1) is 19.9. The fraction of sp³-hybridized carbons (Fsp3) is 0.316. The molecule has 0 aromatic heterocycles. The van der Waals surface area contributed by atoms with Crippen LogP contribution >= 0.6 is 0 Å². The molecule has 140 valence electrons. The molecule has 0 heterocycles. The van der Waals surface area contributed by atoms with Crippen molar-refractivity contribution in [3.8, 4) is 0 Å². The zero-order valence-electron chi connectivity index (χ0n) is 15.1. The number of hydrogen-bond donors (Lipinski definition) is 3. The molecule has 26 heavy (non-hydrogen) atoms. The number of guanidine groups is 1. The lowest BCUT2D eigenvalue weighted by Crippen LogP contribution is -2.42. The molecule has 0 aliphatic heterocycles. The second kappa shape index (κ2) is 9.35. The third-order valence-electron chi connectivity index (χ3n) is 4.00. The molecule has 0 bridgehead atoms. The van der Waals surface area contributed by atoms with Crippen LogP contribution in [0.4, 0.5) is 0 Å². The maximum Gasteiger partial charge on any atom is 0.238 e. The second-order valence-corrected chi connectivity index (χ2v) is 7.75. The summed E-state index contributed by atoms with van der Waals surface area (Å²) in [7, 11) is -1.99. The zero-order valence-corrected chi connectivity index (χ0v) is 16.0. The molecule has 0 spiro atoms. The lowest BCUT2D eigenvalue weighted by atomic mass is 10.1. The lowest BCUT2D eigenvalue weighted by molar-refractivity contribution is 0.593. The molecule has 0 fully saturated rings. The SMILES string of the molecule is CN=C(NCc1cccc(S(N)(=O)=O)c1)NC(C)CCc1ccccc1. The molecule has 6 nitrogen and oxygen atoms in total. The van der Waals surface area contributed by atoms with Gasteiger partial charge in [-0.3, -0.25) is 4.99 Å². The predicted octanol–water partition coefficient (Wildman–Crippen LogP) is 2.02. The fourth-order valence-corrected chi connectivity index (χ4v) is 3.13. The molecule has 1 atom stereocenters. The Morgan fingerprint density at radius 3 is 2.46 bits per heavy atom. The molecule has 0 saturated carbocycles. The van der Waals surface area contributed by atoms with E-state index in [9.17, 15) is 8.42 Å². The van der Waals surface area contributed by atoms with Gasteiger partial charge >= 0.3 is 0 Å².